The summed E-state index contributed by atoms with van der Waals surface area (Å²) in [6.07, 6.45) is 3.67. The summed E-state index contributed by atoms with van der Waals surface area (Å²) in [5.74, 6) is 0.106. The molecule has 2 fully saturated rings. The third-order valence-corrected chi connectivity index (χ3v) is 6.96. The number of sulfonamides is 1. The number of amides is 1. The summed E-state index contributed by atoms with van der Waals surface area (Å²) in [4.78, 5) is 15.2. The van der Waals surface area contributed by atoms with E-state index in [9.17, 15) is 13.2 Å². The number of rotatable bonds is 6. The van der Waals surface area contributed by atoms with Crippen LogP contribution in [0.4, 0.5) is 0 Å². The van der Waals surface area contributed by atoms with Gasteiger partial charge in [0.05, 0.1) is 4.90 Å². The first-order chi connectivity index (χ1) is 12.7. The van der Waals surface area contributed by atoms with Gasteiger partial charge in [-0.3, -0.25) is 4.79 Å². The SMILES string of the molecule is Cc1ccc(S(=O)(=O)NC(CC(C)C)C(=O)N2CCC3CCC(C2)N3)cc1. The molecule has 3 rings (SSSR count). The molecule has 1 aromatic rings. The first kappa shape index (κ1) is 20.3. The van der Waals surface area contributed by atoms with Crippen molar-refractivity contribution < 1.29 is 13.2 Å². The fraction of sp³-hybridized carbons (Fsp3) is 0.650. The Morgan fingerprint density at radius 3 is 2.52 bits per heavy atom. The Morgan fingerprint density at radius 1 is 1.19 bits per heavy atom. The van der Waals surface area contributed by atoms with Gasteiger partial charge in [-0.25, -0.2) is 8.42 Å². The number of carbonyl (C=O) groups is 1. The number of aryl methyl sites for hydroxylation is 1. The number of likely N-dealkylation sites (tertiary alicyclic amines) is 1. The van der Waals surface area contributed by atoms with Gasteiger partial charge >= 0.3 is 0 Å². The van der Waals surface area contributed by atoms with Crippen molar-refractivity contribution in [3.05, 3.63) is 29.8 Å². The van der Waals surface area contributed by atoms with E-state index in [0.717, 1.165) is 18.4 Å². The molecule has 0 saturated carbocycles. The number of hydrogen-bond donors (Lipinski definition) is 2. The number of fused-ring (bicyclic) bond motifs is 2. The molecule has 2 bridgehead atoms. The van der Waals surface area contributed by atoms with Crippen LogP contribution < -0.4 is 10.0 Å². The molecule has 0 radical (unpaired) electrons. The Morgan fingerprint density at radius 2 is 1.85 bits per heavy atom. The zero-order chi connectivity index (χ0) is 19.6. The summed E-state index contributed by atoms with van der Waals surface area (Å²) in [6.45, 7) is 7.28. The zero-order valence-electron chi connectivity index (χ0n) is 16.4. The first-order valence-corrected chi connectivity index (χ1v) is 11.4. The lowest BCUT2D eigenvalue weighted by Crippen LogP contribution is -2.51. The predicted molar refractivity (Wildman–Crippen MR) is 106 cm³/mol. The third kappa shape index (κ3) is 5.09. The minimum absolute atomic E-state index is 0.103. The number of carbonyl (C=O) groups excluding carboxylic acids is 1. The summed E-state index contributed by atoms with van der Waals surface area (Å²) < 4.78 is 28.3. The molecule has 3 unspecified atom stereocenters. The molecule has 2 N–H and O–H groups in total. The van der Waals surface area contributed by atoms with Gasteiger partial charge in [0, 0.05) is 25.2 Å². The van der Waals surface area contributed by atoms with Crippen LogP contribution in [0.5, 0.6) is 0 Å². The van der Waals surface area contributed by atoms with E-state index in [0.29, 0.717) is 31.6 Å². The second kappa shape index (κ2) is 8.29. The van der Waals surface area contributed by atoms with Gasteiger partial charge in [0.1, 0.15) is 6.04 Å². The summed E-state index contributed by atoms with van der Waals surface area (Å²) in [6, 6.07) is 6.80. The van der Waals surface area contributed by atoms with Gasteiger partial charge in [0.2, 0.25) is 15.9 Å². The summed E-state index contributed by atoms with van der Waals surface area (Å²) in [5.41, 5.74) is 0.996. The summed E-state index contributed by atoms with van der Waals surface area (Å²) in [5, 5.41) is 3.56. The van der Waals surface area contributed by atoms with Gasteiger partial charge in [-0.05, 0) is 50.7 Å². The van der Waals surface area contributed by atoms with Gasteiger partial charge in [0.25, 0.3) is 0 Å². The molecule has 2 heterocycles. The number of benzene rings is 1. The van der Waals surface area contributed by atoms with Gasteiger partial charge in [-0.2, -0.15) is 4.72 Å². The molecule has 2 saturated heterocycles. The van der Waals surface area contributed by atoms with Crippen molar-refractivity contribution in [3.63, 3.8) is 0 Å². The molecule has 1 amide bonds. The van der Waals surface area contributed by atoms with E-state index in [2.05, 4.69) is 10.0 Å². The van der Waals surface area contributed by atoms with Crippen LogP contribution in [0, 0.1) is 12.8 Å². The first-order valence-electron chi connectivity index (χ1n) is 9.88. The van der Waals surface area contributed by atoms with Crippen molar-refractivity contribution in [2.45, 2.75) is 69.5 Å². The number of hydrogen-bond acceptors (Lipinski definition) is 4. The van der Waals surface area contributed by atoms with E-state index in [1.165, 1.54) is 6.42 Å². The van der Waals surface area contributed by atoms with Crippen LogP contribution in [0.15, 0.2) is 29.2 Å². The molecule has 1 aromatic carbocycles. The zero-order valence-corrected chi connectivity index (χ0v) is 17.3. The third-order valence-electron chi connectivity index (χ3n) is 5.47. The minimum Gasteiger partial charge on any atom is -0.340 e. The van der Waals surface area contributed by atoms with Gasteiger partial charge in [-0.15, -0.1) is 0 Å². The molecule has 27 heavy (non-hydrogen) atoms. The van der Waals surface area contributed by atoms with Crippen molar-refractivity contribution in [2.75, 3.05) is 13.1 Å². The minimum atomic E-state index is -3.74. The highest BCUT2D eigenvalue weighted by Gasteiger charge is 2.35. The summed E-state index contributed by atoms with van der Waals surface area (Å²) in [7, 11) is -3.74. The highest BCUT2D eigenvalue weighted by Crippen LogP contribution is 2.22. The van der Waals surface area contributed by atoms with Gasteiger partial charge in [0.15, 0.2) is 0 Å². The molecular weight excluding hydrogens is 362 g/mol. The van der Waals surface area contributed by atoms with Crippen LogP contribution in [0.1, 0.15) is 45.1 Å². The molecule has 0 aliphatic carbocycles. The Hall–Kier alpha value is -1.44. The van der Waals surface area contributed by atoms with E-state index in [1.54, 1.807) is 24.3 Å². The van der Waals surface area contributed by atoms with Gasteiger partial charge < -0.3 is 10.2 Å². The largest absolute Gasteiger partial charge is 0.340 e. The summed E-state index contributed by atoms with van der Waals surface area (Å²) >= 11 is 0. The molecule has 3 atom stereocenters. The molecule has 7 heteroatoms. The standard InChI is InChI=1S/C20H31N3O3S/c1-14(2)12-19(22-27(25,26)18-8-4-15(3)5-9-18)20(24)23-11-10-16-6-7-17(13-23)21-16/h4-5,8-9,14,16-17,19,21-22H,6-7,10-13H2,1-3H3. The van der Waals surface area contributed by atoms with E-state index >= 15 is 0 Å². The average molecular weight is 394 g/mol. The highest BCUT2D eigenvalue weighted by atomic mass is 32.2. The van der Waals surface area contributed by atoms with Crippen molar-refractivity contribution in [1.82, 2.24) is 14.9 Å². The number of nitrogens with one attached hydrogen (secondary N) is 2. The lowest BCUT2D eigenvalue weighted by molar-refractivity contribution is -0.133. The van der Waals surface area contributed by atoms with E-state index in [4.69, 9.17) is 0 Å². The van der Waals surface area contributed by atoms with Crippen LogP contribution in [0.3, 0.4) is 0 Å². The molecule has 6 nitrogen and oxygen atoms in total. The highest BCUT2D eigenvalue weighted by molar-refractivity contribution is 7.89. The van der Waals surface area contributed by atoms with E-state index in [1.807, 2.05) is 25.7 Å². The van der Waals surface area contributed by atoms with E-state index < -0.39 is 16.1 Å². The second-order valence-electron chi connectivity index (χ2n) is 8.33. The topological polar surface area (TPSA) is 78.5 Å². The fourth-order valence-corrected chi connectivity index (χ4v) is 5.21. The maximum Gasteiger partial charge on any atom is 0.241 e. The van der Waals surface area contributed by atoms with Crippen molar-refractivity contribution in [3.8, 4) is 0 Å². The molecule has 0 spiro atoms. The lowest BCUT2D eigenvalue weighted by atomic mass is 10.0. The average Bonchev–Trinajstić information content (AvgIpc) is 2.92. The Kier molecular flexibility index (Phi) is 6.23. The normalized spacial score (nSPS) is 24.1. The monoisotopic (exact) mass is 393 g/mol. The smallest absolute Gasteiger partial charge is 0.241 e. The predicted octanol–water partition coefficient (Wildman–Crippen LogP) is 2.04. The van der Waals surface area contributed by atoms with Crippen LogP contribution in [-0.2, 0) is 14.8 Å². The second-order valence-corrected chi connectivity index (χ2v) is 10.0. The molecule has 2 aliphatic rings. The Labute approximate surface area is 162 Å². The quantitative estimate of drug-likeness (QED) is 0.775. The Balaban J connectivity index is 1.76. The van der Waals surface area contributed by atoms with Crippen molar-refractivity contribution in [1.29, 1.82) is 0 Å². The van der Waals surface area contributed by atoms with Crippen molar-refractivity contribution >= 4 is 15.9 Å². The molecule has 2 aliphatic heterocycles. The van der Waals surface area contributed by atoms with Crippen LogP contribution in [0.2, 0.25) is 0 Å². The molecule has 150 valence electrons. The Bertz CT molecular complexity index is 761. The maximum atomic E-state index is 13.2. The van der Waals surface area contributed by atoms with Crippen LogP contribution in [-0.4, -0.2) is 50.4 Å². The fourth-order valence-electron chi connectivity index (χ4n) is 4.01. The maximum absolute atomic E-state index is 13.2. The van der Waals surface area contributed by atoms with Crippen molar-refractivity contribution in [2.24, 2.45) is 5.92 Å². The van der Waals surface area contributed by atoms with Crippen LogP contribution in [0.25, 0.3) is 0 Å². The lowest BCUT2D eigenvalue weighted by Gasteiger charge is -2.29. The van der Waals surface area contributed by atoms with Gasteiger partial charge in [-0.1, -0.05) is 31.5 Å². The van der Waals surface area contributed by atoms with Crippen LogP contribution >= 0.6 is 0 Å². The molecular formula is C20H31N3O3S. The van der Waals surface area contributed by atoms with E-state index in [-0.39, 0.29) is 16.7 Å². The number of nitrogens with zero attached hydrogens (tertiary/aromatic N) is 1. The molecule has 0 aromatic heterocycles.